The third kappa shape index (κ3) is 6.21. The van der Waals surface area contributed by atoms with Crippen LogP contribution in [0.2, 0.25) is 0 Å². The standard InChI is InChI=1S/C20H16F4N6O4/c21-13-6-1-2-7-14(13)28-19(33)27-12-5-3-4-11(8-12)9-26-15-10-30(29-16(15)17(25)31)34-18(32)20(22,23)24/h1-8,10,26H,9H2,(H2,25,31)(H2,27,28,33). The van der Waals surface area contributed by atoms with E-state index in [4.69, 9.17) is 5.73 Å². The zero-order valence-corrected chi connectivity index (χ0v) is 17.0. The number of hydrogen-bond donors (Lipinski definition) is 4. The van der Waals surface area contributed by atoms with Crippen molar-refractivity contribution in [3.05, 3.63) is 71.8 Å². The van der Waals surface area contributed by atoms with Gasteiger partial charge in [0.15, 0.2) is 5.69 Å². The Hall–Kier alpha value is -4.62. The number of amides is 3. The number of nitrogens with two attached hydrogens (primary N) is 1. The number of aromatic nitrogens is 2. The van der Waals surface area contributed by atoms with Gasteiger partial charge in [-0.15, -0.1) is 5.10 Å². The van der Waals surface area contributed by atoms with E-state index < -0.39 is 35.6 Å². The Morgan fingerprint density at radius 1 is 1.03 bits per heavy atom. The van der Waals surface area contributed by atoms with Gasteiger partial charge in [-0.1, -0.05) is 29.1 Å². The molecule has 3 aromatic rings. The summed E-state index contributed by atoms with van der Waals surface area (Å²) in [5.74, 6) is -4.23. The van der Waals surface area contributed by atoms with E-state index in [9.17, 15) is 31.9 Å². The number of para-hydroxylation sites is 1. The summed E-state index contributed by atoms with van der Waals surface area (Å²) in [4.78, 5) is 38.8. The number of alkyl halides is 3. The molecule has 10 nitrogen and oxygen atoms in total. The van der Waals surface area contributed by atoms with Crippen LogP contribution in [0.3, 0.4) is 0 Å². The van der Waals surface area contributed by atoms with Crippen LogP contribution < -0.4 is 26.5 Å². The van der Waals surface area contributed by atoms with Crippen LogP contribution in [0.15, 0.2) is 54.7 Å². The second-order valence-corrected chi connectivity index (χ2v) is 6.65. The summed E-state index contributed by atoms with van der Waals surface area (Å²) in [7, 11) is 0. The Morgan fingerprint density at radius 3 is 2.44 bits per heavy atom. The number of urea groups is 1. The topological polar surface area (TPSA) is 140 Å². The summed E-state index contributed by atoms with van der Waals surface area (Å²) in [6, 6.07) is 11.3. The summed E-state index contributed by atoms with van der Waals surface area (Å²) >= 11 is 0. The Balaban J connectivity index is 1.66. The zero-order chi connectivity index (χ0) is 24.9. The van der Waals surface area contributed by atoms with E-state index >= 15 is 0 Å². The molecule has 34 heavy (non-hydrogen) atoms. The van der Waals surface area contributed by atoms with Gasteiger partial charge < -0.3 is 26.5 Å². The molecule has 0 atom stereocenters. The lowest BCUT2D eigenvalue weighted by molar-refractivity contribution is -0.201. The lowest BCUT2D eigenvalue weighted by Crippen LogP contribution is -2.33. The molecule has 3 amide bonds. The maximum absolute atomic E-state index is 13.7. The number of halogens is 4. The summed E-state index contributed by atoms with van der Waals surface area (Å²) in [6.45, 7) is 0.0175. The van der Waals surface area contributed by atoms with Crippen LogP contribution in [0.1, 0.15) is 16.1 Å². The number of anilines is 3. The number of carbonyl (C=O) groups excluding carboxylic acids is 3. The van der Waals surface area contributed by atoms with Crippen molar-refractivity contribution in [1.82, 2.24) is 9.94 Å². The molecule has 0 aliphatic rings. The summed E-state index contributed by atoms with van der Waals surface area (Å²) in [5, 5.41) is 11.0. The van der Waals surface area contributed by atoms with E-state index in [0.717, 1.165) is 6.20 Å². The van der Waals surface area contributed by atoms with Crippen molar-refractivity contribution in [2.24, 2.45) is 5.73 Å². The number of nitrogens with one attached hydrogen (secondary N) is 3. The van der Waals surface area contributed by atoms with Gasteiger partial charge in [0.05, 0.1) is 17.6 Å². The van der Waals surface area contributed by atoms with E-state index in [0.29, 0.717) is 11.3 Å². The SMILES string of the molecule is NC(=O)c1nn(OC(=O)C(F)(F)F)cc1NCc1cccc(NC(=O)Nc2ccccc2F)c1. The smallest absolute Gasteiger partial charge is 0.378 e. The van der Waals surface area contributed by atoms with Crippen LogP contribution in [0.4, 0.5) is 39.4 Å². The molecule has 0 bridgehead atoms. The molecule has 0 unspecified atom stereocenters. The molecule has 0 aliphatic heterocycles. The minimum atomic E-state index is -5.27. The van der Waals surface area contributed by atoms with Crippen molar-refractivity contribution in [3.8, 4) is 0 Å². The largest absolute Gasteiger partial charge is 0.493 e. The van der Waals surface area contributed by atoms with Gasteiger partial charge in [-0.05, 0) is 29.8 Å². The van der Waals surface area contributed by atoms with Gasteiger partial charge in [-0.25, -0.2) is 14.0 Å². The van der Waals surface area contributed by atoms with Gasteiger partial charge in [-0.2, -0.15) is 13.2 Å². The Labute approximate surface area is 188 Å². The third-order valence-corrected chi connectivity index (χ3v) is 4.12. The predicted octanol–water partition coefficient (Wildman–Crippen LogP) is 2.89. The molecule has 0 spiro atoms. The van der Waals surface area contributed by atoms with Crippen LogP contribution >= 0.6 is 0 Å². The lowest BCUT2D eigenvalue weighted by Gasteiger charge is -2.10. The highest BCUT2D eigenvalue weighted by molar-refractivity contribution is 6.00. The van der Waals surface area contributed by atoms with Crippen molar-refractivity contribution < 1.29 is 36.8 Å². The predicted molar refractivity (Wildman–Crippen MR) is 111 cm³/mol. The second-order valence-electron chi connectivity index (χ2n) is 6.65. The van der Waals surface area contributed by atoms with Crippen LogP contribution in [0, 0.1) is 5.82 Å². The molecule has 0 radical (unpaired) electrons. The van der Waals surface area contributed by atoms with E-state index in [1.807, 2.05) is 0 Å². The van der Waals surface area contributed by atoms with Crippen LogP contribution in [0.5, 0.6) is 0 Å². The number of hydrogen-bond acceptors (Lipinski definition) is 6. The van der Waals surface area contributed by atoms with E-state index in [1.54, 1.807) is 30.3 Å². The summed E-state index contributed by atoms with van der Waals surface area (Å²) in [5.41, 5.74) is 5.50. The molecule has 178 valence electrons. The maximum Gasteiger partial charge on any atom is 0.493 e. The molecule has 0 saturated heterocycles. The van der Waals surface area contributed by atoms with Gasteiger partial charge in [-0.3, -0.25) is 4.79 Å². The number of nitrogens with zero attached hydrogens (tertiary/aromatic N) is 2. The number of rotatable bonds is 7. The van der Waals surface area contributed by atoms with Crippen LogP contribution in [-0.2, 0) is 11.3 Å². The van der Waals surface area contributed by atoms with E-state index in [-0.39, 0.29) is 22.8 Å². The van der Waals surface area contributed by atoms with Crippen LogP contribution in [-0.4, -0.2) is 34.0 Å². The van der Waals surface area contributed by atoms with Crippen molar-refractivity contribution in [3.63, 3.8) is 0 Å². The first-order valence-electron chi connectivity index (χ1n) is 9.37. The fourth-order valence-electron chi connectivity index (χ4n) is 2.65. The zero-order valence-electron chi connectivity index (χ0n) is 17.0. The maximum atomic E-state index is 13.7. The van der Waals surface area contributed by atoms with Crippen molar-refractivity contribution >= 4 is 35.0 Å². The van der Waals surface area contributed by atoms with Crippen LogP contribution in [0.25, 0.3) is 0 Å². The highest BCUT2D eigenvalue weighted by Gasteiger charge is 2.42. The number of benzene rings is 2. The Morgan fingerprint density at radius 2 is 1.76 bits per heavy atom. The minimum absolute atomic E-state index is 0.0139. The van der Waals surface area contributed by atoms with Gasteiger partial charge in [0.2, 0.25) is 0 Å². The minimum Gasteiger partial charge on any atom is -0.378 e. The van der Waals surface area contributed by atoms with Gasteiger partial charge in [0.25, 0.3) is 5.91 Å². The fourth-order valence-corrected chi connectivity index (χ4v) is 2.65. The highest BCUT2D eigenvalue weighted by atomic mass is 19.4. The third-order valence-electron chi connectivity index (χ3n) is 4.12. The average Bonchev–Trinajstić information content (AvgIpc) is 3.16. The number of carbonyl (C=O) groups is 3. The first kappa shape index (κ1) is 24.0. The molecule has 1 heterocycles. The summed E-state index contributed by atoms with van der Waals surface area (Å²) in [6.07, 6.45) is -4.42. The van der Waals surface area contributed by atoms with Gasteiger partial charge in [0, 0.05) is 12.2 Å². The highest BCUT2D eigenvalue weighted by Crippen LogP contribution is 2.19. The molecule has 1 aromatic heterocycles. The van der Waals surface area contributed by atoms with Crippen molar-refractivity contribution in [2.45, 2.75) is 12.7 Å². The van der Waals surface area contributed by atoms with E-state index in [1.165, 1.54) is 18.2 Å². The second kappa shape index (κ2) is 9.89. The molecular weight excluding hydrogens is 464 g/mol. The molecule has 3 rings (SSSR count). The summed E-state index contributed by atoms with van der Waals surface area (Å²) < 4.78 is 50.8. The molecular formula is C20H16F4N6O4. The lowest BCUT2D eigenvalue weighted by atomic mass is 10.2. The molecule has 0 fully saturated rings. The van der Waals surface area contributed by atoms with Gasteiger partial charge in [0.1, 0.15) is 5.82 Å². The molecule has 14 heteroatoms. The monoisotopic (exact) mass is 480 g/mol. The number of primary amides is 1. The normalized spacial score (nSPS) is 10.9. The Kier molecular flexibility index (Phi) is 6.99. The first-order chi connectivity index (χ1) is 16.0. The fraction of sp³-hybridized carbons (Fsp3) is 0.100. The van der Waals surface area contributed by atoms with Crippen molar-refractivity contribution in [1.29, 1.82) is 0 Å². The first-order valence-corrected chi connectivity index (χ1v) is 9.37. The molecule has 2 aromatic carbocycles. The van der Waals surface area contributed by atoms with E-state index in [2.05, 4.69) is 25.9 Å². The quantitative estimate of drug-likeness (QED) is 0.384. The van der Waals surface area contributed by atoms with Crippen molar-refractivity contribution in [2.75, 3.05) is 16.0 Å². The van der Waals surface area contributed by atoms with Gasteiger partial charge >= 0.3 is 18.2 Å². The molecule has 0 saturated carbocycles. The Bertz CT molecular complexity index is 1230. The molecule has 0 aliphatic carbocycles. The average molecular weight is 480 g/mol. The molecule has 5 N–H and O–H groups in total.